The van der Waals surface area contributed by atoms with Crippen molar-refractivity contribution in [3.63, 3.8) is 0 Å². The second-order valence-electron chi connectivity index (χ2n) is 22.1. The minimum Gasteiger partial charge on any atom is -0.508 e. The molecule has 1 aromatic carbocycles. The molecule has 0 radical (unpaired) electrons. The summed E-state index contributed by atoms with van der Waals surface area (Å²) in [5, 5.41) is 38.4. The predicted molar refractivity (Wildman–Crippen MR) is 330 cm³/mol. The molecule has 24 nitrogen and oxygen atoms in total. The van der Waals surface area contributed by atoms with Crippen LogP contribution in [0.4, 0.5) is 0 Å². The fourth-order valence-electron chi connectivity index (χ4n) is 9.54. The van der Waals surface area contributed by atoms with Gasteiger partial charge in [-0.25, -0.2) is 4.79 Å². The van der Waals surface area contributed by atoms with Gasteiger partial charge in [-0.1, -0.05) is 95.8 Å². The molecular formula is C61H106N8O16S. The number of nitrogens with zero attached hydrogens (tertiary/aromatic N) is 1. The number of carbonyl (C=O) groups is 7. The number of nitrogens with two attached hydrogens (primary N) is 2. The number of phenols is 1. The molecule has 0 heterocycles. The summed E-state index contributed by atoms with van der Waals surface area (Å²) in [6.45, 7) is 5.76. The normalized spacial score (nSPS) is 12.9. The Morgan fingerprint density at radius 2 is 1.19 bits per heavy atom. The number of aromatic hydroxyl groups is 1. The van der Waals surface area contributed by atoms with Crippen LogP contribution in [0.5, 0.6) is 5.75 Å². The largest absolute Gasteiger partial charge is 0.508 e. The van der Waals surface area contributed by atoms with Crippen LogP contribution in [0, 0.1) is 11.3 Å². The Morgan fingerprint density at radius 1 is 0.628 bits per heavy atom. The molecule has 0 spiro atoms. The van der Waals surface area contributed by atoms with E-state index in [1.165, 1.54) is 37.8 Å². The SMILES string of the molecule is C=C(CCCCCCCCCCCCCCCS(=O)(=O)O)N[C@@H](CCC(=O)NCCOCCOCC(=O)CCCOCCOCC(=O)NCCCC[C@H](NC)C(=O)CN(C)[C@@H](CCCCC(=N)N)C(=O)C[C@@H](Cc1ccc(O)cc1)C(N)=O)C(=O)O. The molecule has 0 unspecified atom stereocenters. The van der Waals surface area contributed by atoms with Gasteiger partial charge in [-0.3, -0.25) is 43.6 Å². The number of primary amides is 1. The van der Waals surface area contributed by atoms with E-state index < -0.39 is 46.0 Å². The number of unbranched alkanes of at least 4 members (excludes halogenated alkanes) is 14. The van der Waals surface area contributed by atoms with Gasteiger partial charge in [-0.15, -0.1) is 0 Å². The molecule has 0 aromatic heterocycles. The zero-order chi connectivity index (χ0) is 63.8. The van der Waals surface area contributed by atoms with E-state index in [0.717, 1.165) is 56.9 Å². The number of carboxylic acid groups (broad SMARTS) is 1. The van der Waals surface area contributed by atoms with Gasteiger partial charge < -0.3 is 61.9 Å². The number of carbonyl (C=O) groups excluding carboxylic acids is 6. The highest BCUT2D eigenvalue weighted by Gasteiger charge is 2.30. The average molecular weight is 1240 g/mol. The van der Waals surface area contributed by atoms with E-state index in [4.69, 9.17) is 40.4 Å². The summed E-state index contributed by atoms with van der Waals surface area (Å²) in [6.07, 6.45) is 18.8. The second kappa shape index (κ2) is 49.6. The van der Waals surface area contributed by atoms with Crippen LogP contribution in [-0.2, 0) is 69.0 Å². The highest BCUT2D eigenvalue weighted by Crippen LogP contribution is 2.21. The number of hydrogen-bond donors (Lipinski definition) is 10. The topological polar surface area (TPSA) is 378 Å². The Labute approximate surface area is 511 Å². The molecule has 25 heteroatoms. The minimum absolute atomic E-state index is 0.0184. The number of rotatable bonds is 60. The first-order valence-corrected chi connectivity index (χ1v) is 32.5. The number of carboxylic acids is 1. The molecule has 0 bridgehead atoms. The van der Waals surface area contributed by atoms with Gasteiger partial charge in [0.1, 0.15) is 25.0 Å². The smallest absolute Gasteiger partial charge is 0.326 e. The maximum Gasteiger partial charge on any atom is 0.326 e. The molecule has 1 aromatic rings. The van der Waals surface area contributed by atoms with E-state index >= 15 is 0 Å². The molecule has 0 saturated heterocycles. The van der Waals surface area contributed by atoms with Crippen LogP contribution in [-0.4, -0.2) is 185 Å². The molecule has 0 aliphatic rings. The number of ketones is 3. The number of hydrogen-bond acceptors (Lipinski definition) is 18. The van der Waals surface area contributed by atoms with Gasteiger partial charge >= 0.3 is 5.97 Å². The number of benzene rings is 1. The summed E-state index contributed by atoms with van der Waals surface area (Å²) < 4.78 is 52.1. The van der Waals surface area contributed by atoms with E-state index in [2.05, 4.69) is 27.8 Å². The van der Waals surface area contributed by atoms with Crippen LogP contribution in [0.3, 0.4) is 0 Å². The van der Waals surface area contributed by atoms with Crippen LogP contribution in [0.25, 0.3) is 0 Å². The predicted octanol–water partition coefficient (Wildman–Crippen LogP) is 5.45. The molecule has 0 aliphatic carbocycles. The van der Waals surface area contributed by atoms with Crippen molar-refractivity contribution in [3.05, 3.63) is 42.1 Å². The van der Waals surface area contributed by atoms with Gasteiger partial charge in [0, 0.05) is 57.0 Å². The third-order valence-corrected chi connectivity index (χ3v) is 15.3. The monoisotopic (exact) mass is 1240 g/mol. The number of amidine groups is 1. The van der Waals surface area contributed by atoms with Crippen molar-refractivity contribution in [2.75, 3.05) is 92.3 Å². The first kappa shape index (κ1) is 78.6. The number of phenolic OH excluding ortho intramolecular Hbond substituents is 1. The zero-order valence-electron chi connectivity index (χ0n) is 51.6. The van der Waals surface area contributed by atoms with Gasteiger partial charge in [0.15, 0.2) is 17.3 Å². The van der Waals surface area contributed by atoms with Crippen molar-refractivity contribution in [1.29, 1.82) is 5.41 Å². The standard InChI is InChI=1S/C61H106N8O16S/c1-47(22-15-13-11-9-7-5-4-6-8-10-12-14-20-41-86(79,80)81)68-53(61(77)78)31-32-58(74)67-34-36-83-38-39-84-45-51(71)23-21-35-82-37-40-85-46-59(75)66-33-19-18-24-52(65-2)56(73)44-69(3)54(25-16-17-26-57(62)63)55(72)43-49(60(64)76)42-48-27-29-50(70)30-28-48/h27-30,49,52-54,65,68,70H,1,4-26,31-46H2,2-3H3,(H3,62,63)(H2,64,76)(H,66,75)(H,67,74)(H,77,78)(H,79,80,81)/t49-,52+,53+,54+/m1/s1. The highest BCUT2D eigenvalue weighted by molar-refractivity contribution is 7.85. The first-order valence-electron chi connectivity index (χ1n) is 30.9. The van der Waals surface area contributed by atoms with E-state index in [-0.39, 0.29) is 138 Å². The lowest BCUT2D eigenvalue weighted by Gasteiger charge is -2.29. The molecule has 492 valence electrons. The van der Waals surface area contributed by atoms with Gasteiger partial charge in [-0.2, -0.15) is 8.42 Å². The number of amides is 3. The van der Waals surface area contributed by atoms with Crippen molar-refractivity contribution in [3.8, 4) is 5.75 Å². The van der Waals surface area contributed by atoms with Gasteiger partial charge in [-0.05, 0) is 102 Å². The molecular weight excluding hydrogens is 1130 g/mol. The van der Waals surface area contributed by atoms with Gasteiger partial charge in [0.05, 0.1) is 63.3 Å². The fourth-order valence-corrected chi connectivity index (χ4v) is 10.1. The molecule has 4 atom stereocenters. The second-order valence-corrected chi connectivity index (χ2v) is 23.7. The van der Waals surface area contributed by atoms with E-state index in [1.807, 2.05) is 0 Å². The molecule has 0 saturated carbocycles. The number of ether oxygens (including phenoxy) is 4. The molecule has 1 rings (SSSR count). The lowest BCUT2D eigenvalue weighted by atomic mass is 9.89. The third kappa shape index (κ3) is 44.1. The van der Waals surface area contributed by atoms with E-state index in [9.17, 15) is 52.2 Å². The molecule has 12 N–H and O–H groups in total. The number of nitrogens with one attached hydrogen (secondary N) is 5. The van der Waals surface area contributed by atoms with E-state index in [1.54, 1.807) is 31.1 Å². The Bertz CT molecular complexity index is 2220. The summed E-state index contributed by atoms with van der Waals surface area (Å²) in [5.41, 5.74) is 12.6. The van der Waals surface area contributed by atoms with Crippen LogP contribution in [0.2, 0.25) is 0 Å². The van der Waals surface area contributed by atoms with Crippen LogP contribution < -0.4 is 32.7 Å². The van der Waals surface area contributed by atoms with Crippen LogP contribution >= 0.6 is 0 Å². The molecule has 0 aliphatic heterocycles. The lowest BCUT2D eigenvalue weighted by molar-refractivity contribution is -0.139. The molecule has 86 heavy (non-hydrogen) atoms. The third-order valence-electron chi connectivity index (χ3n) is 14.5. The summed E-state index contributed by atoms with van der Waals surface area (Å²) in [4.78, 5) is 90.1. The quantitative estimate of drug-likeness (QED) is 0.0168. The Morgan fingerprint density at radius 3 is 1.78 bits per heavy atom. The summed E-state index contributed by atoms with van der Waals surface area (Å²) >= 11 is 0. The molecule has 0 fully saturated rings. The highest BCUT2D eigenvalue weighted by atomic mass is 32.2. The fraction of sp³-hybridized carbons (Fsp3) is 0.738. The maximum atomic E-state index is 13.7. The molecule has 3 amide bonds. The van der Waals surface area contributed by atoms with Crippen LogP contribution in [0.1, 0.15) is 173 Å². The zero-order valence-corrected chi connectivity index (χ0v) is 52.4. The van der Waals surface area contributed by atoms with Crippen LogP contribution in [0.15, 0.2) is 36.5 Å². The number of likely N-dealkylation sites (N-methyl/N-ethyl adjacent to an activating group) is 2. The summed E-state index contributed by atoms with van der Waals surface area (Å²) in [5.74, 6) is -3.48. The van der Waals surface area contributed by atoms with Crippen molar-refractivity contribution in [1.82, 2.24) is 26.2 Å². The number of Topliss-reactive ketones (excluding diaryl/α,β-unsaturated/α-hetero) is 3. The Balaban J connectivity index is 2.12. The van der Waals surface area contributed by atoms with Crippen molar-refractivity contribution in [2.24, 2.45) is 17.4 Å². The van der Waals surface area contributed by atoms with Crippen molar-refractivity contribution >= 4 is 57.0 Å². The Hall–Kier alpha value is -5.41. The maximum absolute atomic E-state index is 13.7. The Kier molecular flexibility index (Phi) is 45.3. The summed E-state index contributed by atoms with van der Waals surface area (Å²) in [6, 6.07) is 4.26. The first-order chi connectivity index (χ1) is 41.1. The minimum atomic E-state index is -3.85. The van der Waals surface area contributed by atoms with Gasteiger partial charge in [0.2, 0.25) is 17.7 Å². The average Bonchev–Trinajstić information content (AvgIpc) is 3.13. The lowest BCUT2D eigenvalue weighted by Crippen LogP contribution is -2.47. The van der Waals surface area contributed by atoms with Gasteiger partial charge in [0.25, 0.3) is 10.1 Å². The van der Waals surface area contributed by atoms with E-state index in [0.29, 0.717) is 83.1 Å². The van der Waals surface area contributed by atoms with Crippen molar-refractivity contribution in [2.45, 2.75) is 191 Å². The van der Waals surface area contributed by atoms with Crippen molar-refractivity contribution < 1.29 is 75.7 Å². The number of allylic oxidation sites excluding steroid dienone is 1. The summed E-state index contributed by atoms with van der Waals surface area (Å²) in [7, 11) is -0.451. The number of aliphatic carboxylic acids is 1.